The van der Waals surface area contributed by atoms with Crippen molar-refractivity contribution in [3.05, 3.63) is 34.6 Å². The molecule has 5 N–H and O–H groups in total. The number of nitrogens with one attached hydrogen (secondary N) is 1. The number of nitrogen functional groups attached to an aromatic ring is 2. The van der Waals surface area contributed by atoms with Crippen LogP contribution in [0.1, 0.15) is 0 Å². The summed E-state index contributed by atoms with van der Waals surface area (Å²) in [6, 6.07) is 5.18. The molecule has 25 heavy (non-hydrogen) atoms. The van der Waals surface area contributed by atoms with Crippen molar-refractivity contribution in [3.8, 4) is 22.9 Å². The van der Waals surface area contributed by atoms with E-state index in [-0.39, 0.29) is 17.7 Å². The maximum Gasteiger partial charge on any atom is 0.225 e. The Morgan fingerprint density at radius 3 is 2.24 bits per heavy atom. The largest absolute Gasteiger partial charge is 0.368 e. The minimum absolute atomic E-state index is 0.0110. The monoisotopic (exact) mass is 373 g/mol. The van der Waals surface area contributed by atoms with Crippen molar-refractivity contribution < 1.29 is 0 Å². The molecule has 11 heteroatoms. The lowest BCUT2D eigenvalue weighted by Gasteiger charge is -2.03. The number of benzene rings is 1. The lowest BCUT2D eigenvalue weighted by atomic mass is 10.2. The van der Waals surface area contributed by atoms with Crippen molar-refractivity contribution in [2.75, 3.05) is 11.5 Å². The second-order valence-corrected chi connectivity index (χ2v) is 5.79. The third-order valence-corrected chi connectivity index (χ3v) is 4.00. The molecule has 1 aromatic carbocycles. The molecule has 0 aliphatic heterocycles. The van der Waals surface area contributed by atoms with Gasteiger partial charge in [0, 0.05) is 0 Å². The molecule has 0 bridgehead atoms. The van der Waals surface area contributed by atoms with Crippen LogP contribution in [0.25, 0.3) is 34.1 Å². The first-order valence-corrected chi connectivity index (χ1v) is 7.71. The Balaban J connectivity index is 1.96. The van der Waals surface area contributed by atoms with Crippen LogP contribution < -0.4 is 11.5 Å². The van der Waals surface area contributed by atoms with Gasteiger partial charge in [0.25, 0.3) is 0 Å². The van der Waals surface area contributed by atoms with Gasteiger partial charge in [-0.2, -0.15) is 15.0 Å². The molecule has 4 rings (SSSR count). The Bertz CT molecular complexity index is 1070. The Morgan fingerprint density at radius 1 is 0.880 bits per heavy atom. The summed E-state index contributed by atoms with van der Waals surface area (Å²) >= 11 is 12.5. The summed E-state index contributed by atoms with van der Waals surface area (Å²) < 4.78 is 0. The number of nitrogens with two attached hydrogens (primary N) is 2. The lowest BCUT2D eigenvalue weighted by molar-refractivity contribution is 1.06. The zero-order chi connectivity index (χ0) is 17.6. The predicted octanol–water partition coefficient (Wildman–Crippen LogP) is 2.34. The number of halogens is 2. The lowest BCUT2D eigenvalue weighted by Crippen LogP contribution is -2.05. The fourth-order valence-corrected chi connectivity index (χ4v) is 2.93. The van der Waals surface area contributed by atoms with E-state index in [0.29, 0.717) is 38.3 Å². The SMILES string of the molecule is Nc1nc(N)nc(-c2ncnc3nc(-c4c(Cl)cccc4Cl)[nH]c23)n1. The fourth-order valence-electron chi connectivity index (χ4n) is 2.36. The molecule has 0 aliphatic rings. The van der Waals surface area contributed by atoms with Crippen LogP contribution in [-0.2, 0) is 0 Å². The van der Waals surface area contributed by atoms with Gasteiger partial charge in [-0.1, -0.05) is 29.3 Å². The Morgan fingerprint density at radius 2 is 1.56 bits per heavy atom. The normalized spacial score (nSPS) is 11.1. The number of hydrogen-bond donors (Lipinski definition) is 3. The average molecular weight is 374 g/mol. The summed E-state index contributed by atoms with van der Waals surface area (Å²) in [6.45, 7) is 0. The van der Waals surface area contributed by atoms with Gasteiger partial charge in [0.2, 0.25) is 11.9 Å². The van der Waals surface area contributed by atoms with Gasteiger partial charge in [0.15, 0.2) is 11.5 Å². The highest BCUT2D eigenvalue weighted by molar-refractivity contribution is 6.39. The number of imidazole rings is 1. The van der Waals surface area contributed by atoms with Crippen LogP contribution in [0.5, 0.6) is 0 Å². The highest BCUT2D eigenvalue weighted by Gasteiger charge is 2.18. The number of aromatic amines is 1. The molecule has 3 aromatic heterocycles. The topological polar surface area (TPSA) is 145 Å². The van der Waals surface area contributed by atoms with E-state index < -0.39 is 0 Å². The van der Waals surface area contributed by atoms with E-state index >= 15 is 0 Å². The van der Waals surface area contributed by atoms with Crippen LogP contribution in [0.3, 0.4) is 0 Å². The first-order chi connectivity index (χ1) is 12.0. The Kier molecular flexibility index (Phi) is 3.59. The standard InChI is InChI=1S/C14H9Cl2N9/c15-5-2-1-3-6(16)7(5)10-21-9-8(19-4-20-11(9)22-10)12-23-13(17)25-14(18)24-12/h1-4H,(H,19,20,21,22)(H4,17,18,23,24,25). The van der Waals surface area contributed by atoms with Crippen LogP contribution in [0, 0.1) is 0 Å². The second-order valence-electron chi connectivity index (χ2n) is 4.98. The molecule has 9 nitrogen and oxygen atoms in total. The van der Waals surface area contributed by atoms with Gasteiger partial charge in [-0.3, -0.25) is 0 Å². The van der Waals surface area contributed by atoms with Gasteiger partial charge >= 0.3 is 0 Å². The molecule has 3 heterocycles. The molecule has 0 unspecified atom stereocenters. The van der Waals surface area contributed by atoms with Gasteiger partial charge in [0.05, 0.1) is 15.6 Å². The summed E-state index contributed by atoms with van der Waals surface area (Å²) in [5, 5.41) is 0.907. The molecular formula is C14H9Cl2N9. The zero-order valence-electron chi connectivity index (χ0n) is 12.4. The van der Waals surface area contributed by atoms with Crippen LogP contribution in [-0.4, -0.2) is 34.9 Å². The van der Waals surface area contributed by atoms with E-state index in [1.54, 1.807) is 18.2 Å². The smallest absolute Gasteiger partial charge is 0.225 e. The number of nitrogens with zero attached hydrogens (tertiary/aromatic N) is 6. The third kappa shape index (κ3) is 2.69. The van der Waals surface area contributed by atoms with Crippen molar-refractivity contribution >= 4 is 46.3 Å². The fraction of sp³-hybridized carbons (Fsp3) is 0. The second kappa shape index (κ2) is 5.80. The van der Waals surface area contributed by atoms with Crippen LogP contribution >= 0.6 is 23.2 Å². The van der Waals surface area contributed by atoms with Gasteiger partial charge in [0.1, 0.15) is 23.4 Å². The number of fused-ring (bicyclic) bond motifs is 1. The van der Waals surface area contributed by atoms with E-state index in [4.69, 9.17) is 34.7 Å². The van der Waals surface area contributed by atoms with E-state index in [0.717, 1.165) is 0 Å². The number of H-pyrrole nitrogens is 1. The van der Waals surface area contributed by atoms with Crippen LogP contribution in [0.4, 0.5) is 11.9 Å². The van der Waals surface area contributed by atoms with E-state index in [1.807, 2.05) is 0 Å². The molecule has 0 saturated carbocycles. The number of anilines is 2. The Hall–Kier alpha value is -3.04. The molecule has 0 fully saturated rings. The predicted molar refractivity (Wildman–Crippen MR) is 94.8 cm³/mol. The number of aromatic nitrogens is 7. The first kappa shape index (κ1) is 15.5. The molecule has 0 radical (unpaired) electrons. The third-order valence-electron chi connectivity index (χ3n) is 3.37. The molecule has 124 valence electrons. The number of rotatable bonds is 2. The van der Waals surface area contributed by atoms with Gasteiger partial charge < -0.3 is 16.5 Å². The number of hydrogen-bond acceptors (Lipinski definition) is 8. The molecule has 4 aromatic rings. The van der Waals surface area contributed by atoms with Crippen LogP contribution in [0.2, 0.25) is 10.0 Å². The van der Waals surface area contributed by atoms with Crippen molar-refractivity contribution in [1.29, 1.82) is 0 Å². The molecule has 0 atom stereocenters. The molecule has 0 aliphatic carbocycles. The highest BCUT2D eigenvalue weighted by atomic mass is 35.5. The van der Waals surface area contributed by atoms with E-state index in [2.05, 4.69) is 34.9 Å². The van der Waals surface area contributed by atoms with Crippen LogP contribution in [0.15, 0.2) is 24.5 Å². The minimum atomic E-state index is -0.0110. The maximum absolute atomic E-state index is 6.24. The van der Waals surface area contributed by atoms with Crippen molar-refractivity contribution in [1.82, 2.24) is 34.9 Å². The van der Waals surface area contributed by atoms with Gasteiger partial charge in [-0.25, -0.2) is 15.0 Å². The maximum atomic E-state index is 6.24. The van der Waals surface area contributed by atoms with E-state index in [1.165, 1.54) is 6.33 Å². The molecule has 0 amide bonds. The first-order valence-electron chi connectivity index (χ1n) is 6.95. The zero-order valence-corrected chi connectivity index (χ0v) is 13.9. The van der Waals surface area contributed by atoms with Crippen molar-refractivity contribution in [2.24, 2.45) is 0 Å². The summed E-state index contributed by atoms with van der Waals surface area (Å²) in [6.07, 6.45) is 1.34. The van der Waals surface area contributed by atoms with Gasteiger partial charge in [-0.15, -0.1) is 0 Å². The summed E-state index contributed by atoms with van der Waals surface area (Å²) in [5.41, 5.74) is 13.1. The molecular weight excluding hydrogens is 365 g/mol. The summed E-state index contributed by atoms with van der Waals surface area (Å²) in [4.78, 5) is 27.7. The molecule has 0 spiro atoms. The van der Waals surface area contributed by atoms with E-state index in [9.17, 15) is 0 Å². The minimum Gasteiger partial charge on any atom is -0.368 e. The van der Waals surface area contributed by atoms with Gasteiger partial charge in [-0.05, 0) is 12.1 Å². The highest BCUT2D eigenvalue weighted by Crippen LogP contribution is 2.34. The van der Waals surface area contributed by atoms with Crippen molar-refractivity contribution in [3.63, 3.8) is 0 Å². The average Bonchev–Trinajstić information content (AvgIpc) is 2.97. The molecule has 0 saturated heterocycles. The Labute approximate surface area is 150 Å². The summed E-state index contributed by atoms with van der Waals surface area (Å²) in [5.74, 6) is 0.631. The van der Waals surface area contributed by atoms with Crippen molar-refractivity contribution in [2.45, 2.75) is 0 Å². The quantitative estimate of drug-likeness (QED) is 0.485. The summed E-state index contributed by atoms with van der Waals surface area (Å²) in [7, 11) is 0.